The molecule has 0 aliphatic heterocycles. The average molecular weight is 254 g/mol. The lowest BCUT2D eigenvalue weighted by Crippen LogP contribution is -2.17. The molecule has 1 aromatic carbocycles. The van der Waals surface area contributed by atoms with Crippen LogP contribution in [0.25, 0.3) is 0 Å². The summed E-state index contributed by atoms with van der Waals surface area (Å²) < 4.78 is 27.4. The number of hydrogen-bond donors (Lipinski definition) is 1. The van der Waals surface area contributed by atoms with Gasteiger partial charge in [-0.1, -0.05) is 6.07 Å². The number of hydrogen-bond acceptors (Lipinski definition) is 3. The standard InChI is InChI=1S/C12H12F2N2S/c1-7-2-3-8(13)11(12(7)14)9(15)6-10-16-4-5-17-10/h2-5,9H,6,15H2,1H3. The van der Waals surface area contributed by atoms with Crippen molar-refractivity contribution in [3.05, 3.63) is 51.5 Å². The first kappa shape index (κ1) is 12.1. The Morgan fingerprint density at radius 2 is 2.18 bits per heavy atom. The van der Waals surface area contributed by atoms with Gasteiger partial charge >= 0.3 is 0 Å². The van der Waals surface area contributed by atoms with E-state index in [0.717, 1.165) is 5.01 Å². The zero-order valence-corrected chi connectivity index (χ0v) is 10.1. The van der Waals surface area contributed by atoms with Crippen LogP contribution >= 0.6 is 11.3 Å². The van der Waals surface area contributed by atoms with Crippen LogP contribution in [0.3, 0.4) is 0 Å². The summed E-state index contributed by atoms with van der Waals surface area (Å²) in [5.74, 6) is -1.16. The molecule has 90 valence electrons. The van der Waals surface area contributed by atoms with Crippen molar-refractivity contribution < 1.29 is 8.78 Å². The molecule has 2 nitrogen and oxygen atoms in total. The van der Waals surface area contributed by atoms with Crippen LogP contribution in [-0.4, -0.2) is 4.98 Å². The molecular formula is C12H12F2N2S. The van der Waals surface area contributed by atoms with Crippen LogP contribution in [0, 0.1) is 18.6 Å². The second-order valence-corrected chi connectivity index (χ2v) is 4.81. The molecule has 2 rings (SSSR count). The predicted octanol–water partition coefficient (Wildman–Crippen LogP) is 2.97. The summed E-state index contributed by atoms with van der Waals surface area (Å²) in [5, 5.41) is 2.59. The van der Waals surface area contributed by atoms with Crippen LogP contribution in [0.1, 0.15) is 22.2 Å². The minimum Gasteiger partial charge on any atom is -0.323 e. The smallest absolute Gasteiger partial charge is 0.133 e. The number of halogens is 2. The zero-order valence-electron chi connectivity index (χ0n) is 9.28. The van der Waals surface area contributed by atoms with Crippen molar-refractivity contribution in [2.45, 2.75) is 19.4 Å². The lowest BCUT2D eigenvalue weighted by atomic mass is 10.0. The minimum absolute atomic E-state index is 0.0554. The Morgan fingerprint density at radius 1 is 1.41 bits per heavy atom. The molecule has 0 aliphatic carbocycles. The minimum atomic E-state index is -0.707. The second-order valence-electron chi connectivity index (χ2n) is 3.83. The second kappa shape index (κ2) is 4.89. The van der Waals surface area contributed by atoms with E-state index in [4.69, 9.17) is 5.73 Å². The van der Waals surface area contributed by atoms with E-state index < -0.39 is 17.7 Å². The van der Waals surface area contributed by atoms with E-state index in [0.29, 0.717) is 12.0 Å². The van der Waals surface area contributed by atoms with Crippen LogP contribution in [-0.2, 0) is 6.42 Å². The normalized spacial score (nSPS) is 12.7. The number of nitrogens with two attached hydrogens (primary N) is 1. The molecule has 5 heteroatoms. The Kier molecular flexibility index (Phi) is 3.49. The molecule has 2 N–H and O–H groups in total. The summed E-state index contributed by atoms with van der Waals surface area (Å²) in [5.41, 5.74) is 6.19. The molecule has 0 saturated heterocycles. The van der Waals surface area contributed by atoms with E-state index in [9.17, 15) is 8.78 Å². The highest BCUT2D eigenvalue weighted by molar-refractivity contribution is 7.09. The van der Waals surface area contributed by atoms with Crippen molar-refractivity contribution in [2.75, 3.05) is 0 Å². The molecule has 2 aromatic rings. The van der Waals surface area contributed by atoms with Gasteiger partial charge in [0.1, 0.15) is 11.6 Å². The van der Waals surface area contributed by atoms with Crippen LogP contribution in [0.5, 0.6) is 0 Å². The topological polar surface area (TPSA) is 38.9 Å². The summed E-state index contributed by atoms with van der Waals surface area (Å²) >= 11 is 1.43. The molecule has 0 saturated carbocycles. The van der Waals surface area contributed by atoms with Crippen LogP contribution in [0.2, 0.25) is 0 Å². The first-order chi connectivity index (χ1) is 8.09. The number of rotatable bonds is 3. The Hall–Kier alpha value is -1.33. The maximum Gasteiger partial charge on any atom is 0.133 e. The summed E-state index contributed by atoms with van der Waals surface area (Å²) in [6.07, 6.45) is 1.99. The van der Waals surface area contributed by atoms with Gasteiger partial charge in [-0.15, -0.1) is 11.3 Å². The van der Waals surface area contributed by atoms with Crippen LogP contribution < -0.4 is 5.73 Å². The van der Waals surface area contributed by atoms with E-state index >= 15 is 0 Å². The van der Waals surface area contributed by atoms with Gasteiger partial charge in [0.25, 0.3) is 0 Å². The fourth-order valence-corrected chi connectivity index (χ4v) is 2.34. The molecule has 0 bridgehead atoms. The molecule has 0 spiro atoms. The third-order valence-corrected chi connectivity index (χ3v) is 3.37. The number of thiazole rings is 1. The van der Waals surface area contributed by atoms with E-state index in [1.807, 2.05) is 5.38 Å². The summed E-state index contributed by atoms with van der Waals surface area (Å²) in [6, 6.07) is 1.95. The van der Waals surface area contributed by atoms with Crippen molar-refractivity contribution >= 4 is 11.3 Å². The summed E-state index contributed by atoms with van der Waals surface area (Å²) in [7, 11) is 0. The fraction of sp³-hybridized carbons (Fsp3) is 0.250. The van der Waals surface area contributed by atoms with Gasteiger partial charge in [0.05, 0.1) is 5.01 Å². The molecule has 1 aromatic heterocycles. The van der Waals surface area contributed by atoms with Crippen molar-refractivity contribution in [1.29, 1.82) is 0 Å². The van der Waals surface area contributed by atoms with Gasteiger partial charge in [-0.3, -0.25) is 0 Å². The van der Waals surface area contributed by atoms with Gasteiger partial charge in [-0.2, -0.15) is 0 Å². The average Bonchev–Trinajstić information content (AvgIpc) is 2.77. The van der Waals surface area contributed by atoms with Crippen LogP contribution in [0.4, 0.5) is 8.78 Å². The monoisotopic (exact) mass is 254 g/mol. The van der Waals surface area contributed by atoms with Gasteiger partial charge in [0, 0.05) is 29.6 Å². The first-order valence-electron chi connectivity index (χ1n) is 5.18. The lowest BCUT2D eigenvalue weighted by Gasteiger charge is -2.13. The highest BCUT2D eigenvalue weighted by Crippen LogP contribution is 2.24. The highest BCUT2D eigenvalue weighted by atomic mass is 32.1. The van der Waals surface area contributed by atoms with Gasteiger partial charge in [0.2, 0.25) is 0 Å². The zero-order chi connectivity index (χ0) is 12.4. The van der Waals surface area contributed by atoms with Crippen molar-refractivity contribution in [2.24, 2.45) is 5.73 Å². The third kappa shape index (κ3) is 2.50. The number of nitrogens with zero attached hydrogens (tertiary/aromatic N) is 1. The molecule has 1 heterocycles. The maximum absolute atomic E-state index is 13.8. The largest absolute Gasteiger partial charge is 0.323 e. The quantitative estimate of drug-likeness (QED) is 0.914. The van der Waals surface area contributed by atoms with E-state index in [-0.39, 0.29) is 5.56 Å². The fourth-order valence-electron chi connectivity index (χ4n) is 1.66. The van der Waals surface area contributed by atoms with Gasteiger partial charge < -0.3 is 5.73 Å². The number of benzene rings is 1. The Balaban J connectivity index is 2.30. The summed E-state index contributed by atoms with van der Waals surface area (Å²) in [4.78, 5) is 4.06. The molecule has 0 radical (unpaired) electrons. The van der Waals surface area contributed by atoms with Crippen LogP contribution in [0.15, 0.2) is 23.7 Å². The summed E-state index contributed by atoms with van der Waals surface area (Å²) in [6.45, 7) is 1.59. The molecular weight excluding hydrogens is 242 g/mol. The van der Waals surface area contributed by atoms with E-state index in [1.165, 1.54) is 23.5 Å². The molecule has 17 heavy (non-hydrogen) atoms. The molecule has 0 aliphatic rings. The van der Waals surface area contributed by atoms with Gasteiger partial charge in [-0.25, -0.2) is 13.8 Å². The highest BCUT2D eigenvalue weighted by Gasteiger charge is 2.19. The molecule has 0 fully saturated rings. The van der Waals surface area contributed by atoms with E-state index in [1.54, 1.807) is 13.1 Å². The van der Waals surface area contributed by atoms with Gasteiger partial charge in [-0.05, 0) is 18.6 Å². The number of aryl methyl sites for hydroxylation is 1. The Bertz CT molecular complexity index is 511. The van der Waals surface area contributed by atoms with Gasteiger partial charge in [0.15, 0.2) is 0 Å². The number of aromatic nitrogens is 1. The Labute approximate surface area is 102 Å². The first-order valence-corrected chi connectivity index (χ1v) is 6.06. The van der Waals surface area contributed by atoms with Crippen molar-refractivity contribution in [3.8, 4) is 0 Å². The maximum atomic E-state index is 13.8. The van der Waals surface area contributed by atoms with Crippen molar-refractivity contribution in [1.82, 2.24) is 4.98 Å². The Morgan fingerprint density at radius 3 is 2.82 bits per heavy atom. The van der Waals surface area contributed by atoms with Crippen molar-refractivity contribution in [3.63, 3.8) is 0 Å². The molecule has 0 amide bonds. The SMILES string of the molecule is Cc1ccc(F)c(C(N)Cc2nccs2)c1F. The predicted molar refractivity (Wildman–Crippen MR) is 63.8 cm³/mol. The van der Waals surface area contributed by atoms with E-state index in [2.05, 4.69) is 4.98 Å². The third-order valence-electron chi connectivity index (χ3n) is 2.57. The molecule has 1 atom stereocenters. The molecule has 1 unspecified atom stereocenters. The lowest BCUT2D eigenvalue weighted by molar-refractivity contribution is 0.519.